The number of hydrogen-bond acceptors (Lipinski definition) is 4. The van der Waals surface area contributed by atoms with E-state index in [9.17, 15) is 18.4 Å². The maximum absolute atomic E-state index is 12.4. The SMILES string of the molecule is CCOC(=O)N1CCC2(CC(N3CCC([C@@H]4CCCN4C(=O)NCC(F)F)CC3)C2)C1. The van der Waals surface area contributed by atoms with Crippen LogP contribution in [-0.4, -0.2) is 91.2 Å². The number of likely N-dealkylation sites (tertiary alicyclic amines) is 3. The van der Waals surface area contributed by atoms with E-state index in [-0.39, 0.29) is 23.6 Å². The van der Waals surface area contributed by atoms with Crippen LogP contribution in [0.15, 0.2) is 0 Å². The minimum Gasteiger partial charge on any atom is -0.450 e. The van der Waals surface area contributed by atoms with Crippen molar-refractivity contribution in [3.05, 3.63) is 0 Å². The first-order chi connectivity index (χ1) is 14.9. The third kappa shape index (κ3) is 4.91. The Bertz CT molecular complexity index is 651. The van der Waals surface area contributed by atoms with Crippen LogP contribution in [-0.2, 0) is 4.74 Å². The standard InChI is InChI=1S/C22H36F2N4O3/c1-2-31-21(30)27-11-7-22(15-27)12-17(13-22)26-9-5-16(6-10-26)18-4-3-8-28(18)20(29)25-14-19(23)24/h16-19H,2-15H2,1H3,(H,25,29)/t17?,18-,22?/m0/s1. The second-order valence-corrected chi connectivity index (χ2v) is 9.79. The molecule has 4 fully saturated rings. The smallest absolute Gasteiger partial charge is 0.409 e. The van der Waals surface area contributed by atoms with E-state index in [1.165, 1.54) is 0 Å². The molecule has 0 aromatic carbocycles. The monoisotopic (exact) mass is 442 g/mol. The Hall–Kier alpha value is -1.64. The van der Waals surface area contributed by atoms with Gasteiger partial charge >= 0.3 is 12.1 Å². The molecule has 31 heavy (non-hydrogen) atoms. The Morgan fingerprint density at radius 2 is 1.87 bits per heavy atom. The van der Waals surface area contributed by atoms with Gasteiger partial charge in [0, 0.05) is 31.7 Å². The summed E-state index contributed by atoms with van der Waals surface area (Å²) in [4.78, 5) is 30.6. The van der Waals surface area contributed by atoms with Gasteiger partial charge in [0.1, 0.15) is 0 Å². The van der Waals surface area contributed by atoms with Crippen LogP contribution in [0.25, 0.3) is 0 Å². The highest BCUT2D eigenvalue weighted by atomic mass is 19.3. The summed E-state index contributed by atoms with van der Waals surface area (Å²) in [6.07, 6.45) is 4.73. The van der Waals surface area contributed by atoms with Crippen LogP contribution in [0, 0.1) is 11.3 Å². The summed E-state index contributed by atoms with van der Waals surface area (Å²) >= 11 is 0. The second-order valence-electron chi connectivity index (χ2n) is 9.79. The zero-order valence-corrected chi connectivity index (χ0v) is 18.5. The van der Waals surface area contributed by atoms with E-state index in [1.807, 2.05) is 11.8 Å². The van der Waals surface area contributed by atoms with Crippen molar-refractivity contribution in [3.63, 3.8) is 0 Å². The molecule has 7 nitrogen and oxygen atoms in total. The van der Waals surface area contributed by atoms with Gasteiger partial charge in [-0.05, 0) is 76.3 Å². The molecule has 3 heterocycles. The molecule has 3 aliphatic heterocycles. The van der Waals surface area contributed by atoms with Crippen molar-refractivity contribution < 1.29 is 23.1 Å². The normalized spacial score (nSPS) is 32.0. The highest BCUT2D eigenvalue weighted by Gasteiger charge is 2.51. The molecule has 0 radical (unpaired) electrons. The molecule has 4 aliphatic rings. The van der Waals surface area contributed by atoms with Crippen molar-refractivity contribution in [1.82, 2.24) is 20.0 Å². The summed E-state index contributed by atoms with van der Waals surface area (Å²) in [5, 5.41) is 2.38. The first kappa shape index (κ1) is 22.6. The molecule has 1 N–H and O–H groups in total. The molecule has 4 rings (SSSR count). The Morgan fingerprint density at radius 3 is 2.55 bits per heavy atom. The summed E-state index contributed by atoms with van der Waals surface area (Å²) in [6, 6.07) is 0.441. The Labute approximate surface area is 183 Å². The average Bonchev–Trinajstić information content (AvgIpc) is 3.39. The van der Waals surface area contributed by atoms with Gasteiger partial charge < -0.3 is 24.8 Å². The number of hydrogen-bond donors (Lipinski definition) is 1. The number of nitrogens with zero attached hydrogens (tertiary/aromatic N) is 3. The number of piperidine rings is 1. The molecule has 1 atom stereocenters. The van der Waals surface area contributed by atoms with E-state index < -0.39 is 13.0 Å². The molecule has 1 aliphatic carbocycles. The van der Waals surface area contributed by atoms with Crippen LogP contribution in [0.3, 0.4) is 0 Å². The number of alkyl halides is 2. The molecule has 3 saturated heterocycles. The van der Waals surface area contributed by atoms with E-state index in [2.05, 4.69) is 10.2 Å². The second kappa shape index (κ2) is 9.46. The molecule has 1 spiro atoms. The zero-order chi connectivity index (χ0) is 22.0. The minimum absolute atomic E-state index is 0.178. The van der Waals surface area contributed by atoms with Crippen LogP contribution in [0.2, 0.25) is 0 Å². The molecular weight excluding hydrogens is 406 g/mol. The maximum atomic E-state index is 12.4. The molecule has 0 aromatic rings. The van der Waals surface area contributed by atoms with Crippen molar-refractivity contribution in [3.8, 4) is 0 Å². The van der Waals surface area contributed by atoms with Crippen molar-refractivity contribution in [1.29, 1.82) is 0 Å². The predicted octanol–water partition coefficient (Wildman–Crippen LogP) is 3.15. The Balaban J connectivity index is 1.21. The number of nitrogens with one attached hydrogen (secondary N) is 1. The van der Waals surface area contributed by atoms with Crippen LogP contribution >= 0.6 is 0 Å². The molecular formula is C22H36F2N4O3. The zero-order valence-electron chi connectivity index (χ0n) is 18.5. The minimum atomic E-state index is -2.51. The molecule has 3 amide bonds. The molecule has 0 unspecified atom stereocenters. The topological polar surface area (TPSA) is 65.1 Å². The largest absolute Gasteiger partial charge is 0.450 e. The molecule has 0 aromatic heterocycles. The van der Waals surface area contributed by atoms with Crippen LogP contribution in [0.5, 0.6) is 0 Å². The highest BCUT2D eigenvalue weighted by molar-refractivity contribution is 5.74. The van der Waals surface area contributed by atoms with Gasteiger partial charge in [-0.25, -0.2) is 18.4 Å². The lowest BCUT2D eigenvalue weighted by Gasteiger charge is -2.52. The first-order valence-corrected chi connectivity index (χ1v) is 11.9. The van der Waals surface area contributed by atoms with Gasteiger partial charge in [0.05, 0.1) is 13.2 Å². The summed E-state index contributed by atoms with van der Waals surface area (Å²) < 4.78 is 30.0. The van der Waals surface area contributed by atoms with Crippen molar-refractivity contribution in [2.75, 3.05) is 45.9 Å². The number of ether oxygens (including phenoxy) is 1. The summed E-state index contributed by atoms with van der Waals surface area (Å²) in [5.41, 5.74) is 0.277. The number of halogens is 2. The van der Waals surface area contributed by atoms with Crippen molar-refractivity contribution in [2.45, 2.75) is 70.4 Å². The van der Waals surface area contributed by atoms with Crippen LogP contribution in [0.1, 0.15) is 51.9 Å². The van der Waals surface area contributed by atoms with Gasteiger partial charge in [0.15, 0.2) is 0 Å². The van der Waals surface area contributed by atoms with E-state index in [0.29, 0.717) is 25.1 Å². The summed E-state index contributed by atoms with van der Waals surface area (Å²) in [5.74, 6) is 0.455. The summed E-state index contributed by atoms with van der Waals surface area (Å²) in [7, 11) is 0. The molecule has 9 heteroatoms. The Morgan fingerprint density at radius 1 is 1.13 bits per heavy atom. The van der Waals surface area contributed by atoms with Crippen LogP contribution in [0.4, 0.5) is 18.4 Å². The van der Waals surface area contributed by atoms with Gasteiger partial charge in [-0.2, -0.15) is 0 Å². The fourth-order valence-electron chi connectivity index (χ4n) is 6.31. The fraction of sp³-hybridized carbons (Fsp3) is 0.909. The summed E-state index contributed by atoms with van der Waals surface area (Å²) in [6.45, 7) is 6.06. The molecule has 176 valence electrons. The van der Waals surface area contributed by atoms with Crippen molar-refractivity contribution >= 4 is 12.1 Å². The van der Waals surface area contributed by atoms with E-state index in [1.54, 1.807) is 4.90 Å². The highest BCUT2D eigenvalue weighted by Crippen LogP contribution is 2.51. The van der Waals surface area contributed by atoms with Gasteiger partial charge in [-0.3, -0.25) is 0 Å². The third-order valence-corrected chi connectivity index (χ3v) is 7.90. The lowest BCUT2D eigenvalue weighted by Crippen LogP contribution is -2.55. The lowest BCUT2D eigenvalue weighted by atomic mass is 9.64. The predicted molar refractivity (Wildman–Crippen MR) is 112 cm³/mol. The quantitative estimate of drug-likeness (QED) is 0.711. The fourth-order valence-corrected chi connectivity index (χ4v) is 6.31. The number of amides is 3. The molecule has 1 saturated carbocycles. The van der Waals surface area contributed by atoms with E-state index in [4.69, 9.17) is 4.74 Å². The molecule has 0 bridgehead atoms. The van der Waals surface area contributed by atoms with Gasteiger partial charge in [-0.15, -0.1) is 0 Å². The lowest BCUT2D eigenvalue weighted by molar-refractivity contribution is -0.0145. The van der Waals surface area contributed by atoms with E-state index >= 15 is 0 Å². The van der Waals surface area contributed by atoms with Gasteiger partial charge in [-0.1, -0.05) is 0 Å². The third-order valence-electron chi connectivity index (χ3n) is 7.90. The van der Waals surface area contributed by atoms with Crippen molar-refractivity contribution in [2.24, 2.45) is 11.3 Å². The number of urea groups is 1. The van der Waals surface area contributed by atoms with Crippen LogP contribution < -0.4 is 5.32 Å². The van der Waals surface area contributed by atoms with E-state index in [0.717, 1.165) is 71.1 Å². The maximum Gasteiger partial charge on any atom is 0.409 e. The average molecular weight is 443 g/mol. The number of rotatable bonds is 5. The number of carbonyl (C=O) groups excluding carboxylic acids is 2. The first-order valence-electron chi connectivity index (χ1n) is 11.9. The Kier molecular flexibility index (Phi) is 6.89. The van der Waals surface area contributed by atoms with Gasteiger partial charge in [0.2, 0.25) is 0 Å². The number of carbonyl (C=O) groups is 2. The van der Waals surface area contributed by atoms with Gasteiger partial charge in [0.25, 0.3) is 6.43 Å².